The summed E-state index contributed by atoms with van der Waals surface area (Å²) in [6.45, 7) is 1.84. The third-order valence-corrected chi connectivity index (χ3v) is 4.32. The van der Waals surface area contributed by atoms with E-state index in [9.17, 15) is 24.3 Å². The van der Waals surface area contributed by atoms with Crippen LogP contribution < -0.4 is 4.90 Å². The van der Waals surface area contributed by atoms with Gasteiger partial charge in [-0.2, -0.15) is 0 Å². The van der Waals surface area contributed by atoms with Crippen LogP contribution in [0.2, 0.25) is 0 Å². The minimum Gasteiger partial charge on any atom is -0.478 e. The number of morpholine rings is 1. The van der Waals surface area contributed by atoms with E-state index in [4.69, 9.17) is 9.47 Å². The average Bonchev–Trinajstić information content (AvgIpc) is 2.87. The quantitative estimate of drug-likeness (QED) is 0.751. The van der Waals surface area contributed by atoms with Gasteiger partial charge in [-0.3, -0.25) is 14.4 Å². The van der Waals surface area contributed by atoms with Crippen LogP contribution in [0.15, 0.2) is 18.2 Å². The molecule has 0 saturated carbocycles. The predicted molar refractivity (Wildman–Crippen MR) is 87.5 cm³/mol. The molecule has 1 unspecified atom stereocenters. The molecule has 1 saturated heterocycles. The van der Waals surface area contributed by atoms with Crippen molar-refractivity contribution in [2.75, 3.05) is 25.1 Å². The van der Waals surface area contributed by atoms with Gasteiger partial charge in [-0.25, -0.2) is 4.79 Å². The Morgan fingerprint density at radius 3 is 2.73 bits per heavy atom. The van der Waals surface area contributed by atoms with Crippen molar-refractivity contribution in [3.63, 3.8) is 0 Å². The van der Waals surface area contributed by atoms with Crippen LogP contribution in [0.1, 0.15) is 22.8 Å². The van der Waals surface area contributed by atoms with Gasteiger partial charge in [0.25, 0.3) is 11.8 Å². The number of anilines is 1. The van der Waals surface area contributed by atoms with Gasteiger partial charge in [0, 0.05) is 38.3 Å². The normalized spacial score (nSPS) is 20.8. The van der Waals surface area contributed by atoms with Crippen LogP contribution in [-0.2, 0) is 30.4 Å². The molecule has 9 heteroatoms. The van der Waals surface area contributed by atoms with Crippen molar-refractivity contribution in [1.82, 2.24) is 4.90 Å². The summed E-state index contributed by atoms with van der Waals surface area (Å²) in [6, 6.07) is 5.08. The summed E-state index contributed by atoms with van der Waals surface area (Å²) in [5.74, 6) is -3.06. The predicted octanol–water partition coefficient (Wildman–Crippen LogP) is 0.0203. The van der Waals surface area contributed by atoms with Gasteiger partial charge < -0.3 is 24.4 Å². The molecule has 2 amide bonds. The van der Waals surface area contributed by atoms with Crippen molar-refractivity contribution >= 4 is 29.4 Å². The summed E-state index contributed by atoms with van der Waals surface area (Å²) in [4.78, 5) is 50.3. The van der Waals surface area contributed by atoms with E-state index in [1.54, 1.807) is 30.1 Å². The van der Waals surface area contributed by atoms with E-state index in [1.807, 2.05) is 0 Å². The number of amides is 2. The Morgan fingerprint density at radius 2 is 2.08 bits per heavy atom. The van der Waals surface area contributed by atoms with Crippen molar-refractivity contribution in [2.24, 2.45) is 0 Å². The Morgan fingerprint density at radius 1 is 1.35 bits per heavy atom. The first kappa shape index (κ1) is 17.9. The topological polar surface area (TPSA) is 113 Å². The molecule has 2 aliphatic rings. The zero-order valence-electron chi connectivity index (χ0n) is 14.3. The molecule has 2 heterocycles. The molecule has 26 heavy (non-hydrogen) atoms. The first-order valence-corrected chi connectivity index (χ1v) is 8.01. The van der Waals surface area contributed by atoms with E-state index in [1.165, 1.54) is 4.90 Å². The van der Waals surface area contributed by atoms with Crippen molar-refractivity contribution < 1.29 is 33.8 Å². The second-order valence-corrected chi connectivity index (χ2v) is 6.15. The van der Waals surface area contributed by atoms with Gasteiger partial charge in [-0.05, 0) is 17.7 Å². The summed E-state index contributed by atoms with van der Waals surface area (Å²) < 4.78 is 10.0. The summed E-state index contributed by atoms with van der Waals surface area (Å²) >= 11 is 0. The lowest BCUT2D eigenvalue weighted by Crippen LogP contribution is -2.55. The fourth-order valence-electron chi connectivity index (χ4n) is 3.10. The molecule has 3 rings (SSSR count). The lowest BCUT2D eigenvalue weighted by atomic mass is 10.1. The fourth-order valence-corrected chi connectivity index (χ4v) is 3.10. The van der Waals surface area contributed by atoms with E-state index in [0.29, 0.717) is 17.8 Å². The molecule has 0 radical (unpaired) electrons. The molecular formula is C17H18N2O7. The van der Waals surface area contributed by atoms with E-state index in [-0.39, 0.29) is 19.1 Å². The summed E-state index contributed by atoms with van der Waals surface area (Å²) in [6.07, 6.45) is -3.18. The molecule has 0 bridgehead atoms. The van der Waals surface area contributed by atoms with Crippen molar-refractivity contribution in [2.45, 2.75) is 25.7 Å². The molecule has 0 aliphatic carbocycles. The summed E-state index contributed by atoms with van der Waals surface area (Å²) in [5.41, 5.74) is 1.84. The standard InChI is InChI=1S/C17H18N2O7/c1-9(20)26-14(17(23)24)13-16(22)19(5-6-25-13)11-4-3-10-8-18(2)15(21)12(10)7-11/h3-4,7,13-14H,5-6,8H2,1-2H3,(H,23,24)/t13-,14?/m1/s1. The number of hydrogen-bond acceptors (Lipinski definition) is 6. The third kappa shape index (κ3) is 3.13. The van der Waals surface area contributed by atoms with Gasteiger partial charge in [0.2, 0.25) is 6.10 Å². The maximum atomic E-state index is 12.8. The van der Waals surface area contributed by atoms with Crippen LogP contribution in [0, 0.1) is 0 Å². The molecule has 1 aromatic carbocycles. The molecule has 1 N–H and O–H groups in total. The second-order valence-electron chi connectivity index (χ2n) is 6.15. The number of carboxylic acids is 1. The minimum absolute atomic E-state index is 0.0758. The van der Waals surface area contributed by atoms with Crippen LogP contribution in [-0.4, -0.2) is 66.2 Å². The Labute approximate surface area is 149 Å². The maximum Gasteiger partial charge on any atom is 0.348 e. The van der Waals surface area contributed by atoms with Gasteiger partial charge in [0.05, 0.1) is 6.61 Å². The number of carboxylic acid groups (broad SMARTS) is 1. The smallest absolute Gasteiger partial charge is 0.348 e. The Hall–Kier alpha value is -2.94. The number of benzene rings is 1. The summed E-state index contributed by atoms with van der Waals surface area (Å²) in [5, 5.41) is 9.26. The zero-order valence-corrected chi connectivity index (χ0v) is 14.3. The van der Waals surface area contributed by atoms with Gasteiger partial charge in [0.15, 0.2) is 6.10 Å². The monoisotopic (exact) mass is 362 g/mol. The Kier molecular flexibility index (Phi) is 4.64. The van der Waals surface area contributed by atoms with Crippen LogP contribution in [0.4, 0.5) is 5.69 Å². The maximum absolute atomic E-state index is 12.8. The second kappa shape index (κ2) is 6.75. The van der Waals surface area contributed by atoms with Gasteiger partial charge in [-0.1, -0.05) is 6.07 Å². The number of rotatable bonds is 4. The number of nitrogens with zero attached hydrogens (tertiary/aromatic N) is 2. The van der Waals surface area contributed by atoms with E-state index < -0.39 is 30.1 Å². The van der Waals surface area contributed by atoms with E-state index in [0.717, 1.165) is 12.5 Å². The zero-order chi connectivity index (χ0) is 19.0. The SMILES string of the molecule is CC(=O)OC(C(=O)O)[C@H]1OCCN(c2ccc3c(c2)C(=O)N(C)C3)C1=O. The molecule has 1 aromatic rings. The lowest BCUT2D eigenvalue weighted by Gasteiger charge is -2.34. The first-order valence-electron chi connectivity index (χ1n) is 8.01. The van der Waals surface area contributed by atoms with Gasteiger partial charge in [0.1, 0.15) is 0 Å². The van der Waals surface area contributed by atoms with Crippen LogP contribution >= 0.6 is 0 Å². The minimum atomic E-state index is -1.73. The van der Waals surface area contributed by atoms with Crippen LogP contribution in [0.3, 0.4) is 0 Å². The van der Waals surface area contributed by atoms with E-state index in [2.05, 4.69) is 0 Å². The van der Waals surface area contributed by atoms with Gasteiger partial charge >= 0.3 is 11.9 Å². The highest BCUT2D eigenvalue weighted by Crippen LogP contribution is 2.28. The molecule has 2 aliphatic heterocycles. The highest BCUT2D eigenvalue weighted by Gasteiger charge is 2.42. The van der Waals surface area contributed by atoms with Crippen LogP contribution in [0.25, 0.3) is 0 Å². The van der Waals surface area contributed by atoms with Crippen molar-refractivity contribution in [1.29, 1.82) is 0 Å². The molecule has 0 aromatic heterocycles. The largest absolute Gasteiger partial charge is 0.478 e. The van der Waals surface area contributed by atoms with Gasteiger partial charge in [-0.15, -0.1) is 0 Å². The number of fused-ring (bicyclic) bond motifs is 1. The molecule has 1 fully saturated rings. The van der Waals surface area contributed by atoms with Crippen molar-refractivity contribution in [3.8, 4) is 0 Å². The molecular weight excluding hydrogens is 344 g/mol. The number of aliphatic carboxylic acids is 1. The Balaban J connectivity index is 1.88. The number of hydrogen-bond donors (Lipinski definition) is 1. The highest BCUT2D eigenvalue weighted by molar-refractivity contribution is 6.03. The van der Waals surface area contributed by atoms with Crippen LogP contribution in [0.5, 0.6) is 0 Å². The number of ether oxygens (including phenoxy) is 2. The number of carbonyl (C=O) groups is 4. The highest BCUT2D eigenvalue weighted by atomic mass is 16.6. The number of esters is 1. The summed E-state index contributed by atoms with van der Waals surface area (Å²) in [7, 11) is 1.69. The van der Waals surface area contributed by atoms with E-state index >= 15 is 0 Å². The molecule has 2 atom stereocenters. The molecule has 9 nitrogen and oxygen atoms in total. The first-order chi connectivity index (χ1) is 12.3. The third-order valence-electron chi connectivity index (χ3n) is 4.32. The fraction of sp³-hybridized carbons (Fsp3) is 0.412. The molecule has 138 valence electrons. The lowest BCUT2D eigenvalue weighted by molar-refractivity contribution is -0.177. The van der Waals surface area contributed by atoms with Crippen molar-refractivity contribution in [3.05, 3.63) is 29.3 Å². The Bertz CT molecular complexity index is 791. The number of carbonyl (C=O) groups excluding carboxylic acids is 3. The molecule has 0 spiro atoms. The average molecular weight is 362 g/mol.